The zero-order valence-electron chi connectivity index (χ0n) is 16.3. The Hall–Kier alpha value is -2.43. The zero-order valence-corrected chi connectivity index (χ0v) is 17.1. The number of thiazole rings is 1. The lowest BCUT2D eigenvalue weighted by Crippen LogP contribution is -2.25. The van der Waals surface area contributed by atoms with E-state index in [-0.39, 0.29) is 0 Å². The second kappa shape index (κ2) is 168. The number of rotatable bonds is 0. The molecule has 2 rings (SSSR count). The first kappa shape index (κ1) is 76.5. The predicted molar refractivity (Wildman–Crippen MR) is 75.4 cm³/mol. The Morgan fingerprint density at radius 2 is 0.784 bits per heavy atom. The second-order valence-electron chi connectivity index (χ2n) is 2.91. The third-order valence-electron chi connectivity index (χ3n) is 1.94. The van der Waals surface area contributed by atoms with Crippen LogP contribution in [0, 0.1) is 0 Å². The number of halogens is 26. The lowest BCUT2D eigenvalue weighted by Gasteiger charge is -2.20. The highest BCUT2D eigenvalue weighted by Gasteiger charge is 2.16. The molecule has 2 N–H and O–H groups in total. The molecule has 2 heterocycles. The van der Waals surface area contributed by atoms with Crippen LogP contribution in [0.5, 0.6) is 0 Å². The molecule has 0 fully saturated rings. The number of hydrogen-bond acceptors (Lipinski definition) is 4. The predicted octanol–water partition coefficient (Wildman–Crippen LogP) is 11.6. The molecule has 242 valence electrons. The van der Waals surface area contributed by atoms with Crippen molar-refractivity contribution < 1.29 is 119 Å². The van der Waals surface area contributed by atoms with E-state index in [1.54, 1.807) is 11.3 Å². The van der Waals surface area contributed by atoms with Gasteiger partial charge in [0.2, 0.25) is 0 Å². The number of nitrogens with zero attached hydrogens (tertiary/aromatic N) is 2. The quantitative estimate of drug-likeness (QED) is 0.281. The maximum atomic E-state index is 8.00. The smallest absolute Gasteiger partial charge is 0.180 e. The first-order chi connectivity index (χ1) is 18.3. The monoisotopic (exact) mass is 663 g/mol. The number of hydrogen-bond donors (Lipinski definition) is 1. The van der Waals surface area contributed by atoms with Crippen LogP contribution in [0.25, 0.3) is 0 Å². The van der Waals surface area contributed by atoms with Crippen molar-refractivity contribution in [2.45, 2.75) is 13.0 Å². The van der Waals surface area contributed by atoms with Gasteiger partial charge < -0.3 is 10.6 Å². The number of likely N-dealkylation sites (N-methyl/N-ethyl adjacent to an activating group) is 1. The normalized spacial score (nSPS) is 7.54. The molecule has 1 aliphatic heterocycles. The van der Waals surface area contributed by atoms with Gasteiger partial charge in [-0.2, -0.15) is 0 Å². The standard InChI is InChI=1S/C7H11N3S.13F2/c1-10-3-2-5-6(4-10)11-7(8)9-5;13*1-2/h2-4H2,1H3,(H2,8,9);;;;;;;;;;;;;. The molecule has 0 saturated carbocycles. The zero-order chi connectivity index (χ0) is 33.8. The van der Waals surface area contributed by atoms with Crippen LogP contribution in [0.4, 0.5) is 124 Å². The summed E-state index contributed by atoms with van der Waals surface area (Å²) in [6.07, 6.45) is 1.06. The Labute approximate surface area is 189 Å². The van der Waals surface area contributed by atoms with Crippen LogP contribution in [0.1, 0.15) is 10.6 Å². The molecule has 0 unspecified atom stereocenters. The molecule has 0 atom stereocenters. The molecule has 0 bridgehead atoms. The Morgan fingerprint density at radius 1 is 0.541 bits per heavy atom. The molecule has 0 spiro atoms. The Morgan fingerprint density at radius 3 is 1.03 bits per heavy atom. The number of aromatic nitrogens is 1. The lowest BCUT2D eigenvalue weighted by molar-refractivity contribution is 0.108. The van der Waals surface area contributed by atoms with Gasteiger partial charge in [0.15, 0.2) is 5.13 Å². The number of nitrogens with two attached hydrogens (primary N) is 1. The molecule has 30 heteroatoms. The van der Waals surface area contributed by atoms with E-state index in [1.165, 1.54) is 10.6 Å². The van der Waals surface area contributed by atoms with Crippen LogP contribution < -0.4 is 5.73 Å². The van der Waals surface area contributed by atoms with E-state index < -0.39 is 0 Å². The highest BCUT2D eigenvalue weighted by atomic mass is 32.1. The maximum absolute atomic E-state index is 8.00. The van der Waals surface area contributed by atoms with Crippen molar-refractivity contribution in [2.24, 2.45) is 0 Å². The SMILES string of the molecule is CN1CCc2nc(N)sc2C1.FF.FF.FF.FF.FF.FF.FF.FF.FF.FF.FF.FF.FF. The van der Waals surface area contributed by atoms with Gasteiger partial charge in [-0.15, -0.1) is 11.3 Å². The van der Waals surface area contributed by atoms with Crippen LogP contribution in [-0.2, 0) is 13.0 Å². The minimum Gasteiger partial charge on any atom is -0.375 e. The highest BCUT2D eigenvalue weighted by molar-refractivity contribution is 7.15. The minimum absolute atomic E-state index is 0.713. The summed E-state index contributed by atoms with van der Waals surface area (Å²) in [5.41, 5.74) is 6.81. The summed E-state index contributed by atoms with van der Waals surface area (Å²) in [7, 11) is 2.12. The van der Waals surface area contributed by atoms with Gasteiger partial charge in [-0.3, -0.25) is 0 Å². The largest absolute Gasteiger partial charge is 0.375 e. The molecule has 1 aromatic heterocycles. The average Bonchev–Trinajstić information content (AvgIpc) is 3.45. The van der Waals surface area contributed by atoms with Gasteiger partial charge in [0.05, 0.1) is 5.69 Å². The van der Waals surface area contributed by atoms with E-state index in [0.717, 1.165) is 19.5 Å². The third-order valence-corrected chi connectivity index (χ3v) is 2.85. The summed E-state index contributed by atoms with van der Waals surface area (Å²) in [6, 6.07) is 0. The molecule has 0 aliphatic carbocycles. The van der Waals surface area contributed by atoms with E-state index in [0.29, 0.717) is 5.13 Å². The molecule has 0 amide bonds. The van der Waals surface area contributed by atoms with Crippen LogP contribution in [0.15, 0.2) is 0 Å². The molecule has 37 heavy (non-hydrogen) atoms. The van der Waals surface area contributed by atoms with Gasteiger partial charge in [0.1, 0.15) is 0 Å². The highest BCUT2D eigenvalue weighted by Crippen LogP contribution is 2.25. The summed E-state index contributed by atoms with van der Waals surface area (Å²) in [6.45, 7) is 2.13. The van der Waals surface area contributed by atoms with Crippen LogP contribution in [0.2, 0.25) is 0 Å². The third kappa shape index (κ3) is 97.0. The Balaban J connectivity index is -0.0000000208. The molecule has 0 radical (unpaired) electrons. The molecule has 0 aromatic carbocycles. The van der Waals surface area contributed by atoms with Crippen LogP contribution in [0.3, 0.4) is 0 Å². The molecular weight excluding hydrogens is 652 g/mol. The molecular formula is C7H11F26N3S. The summed E-state index contributed by atoms with van der Waals surface area (Å²) in [5.74, 6) is 0. The summed E-state index contributed by atoms with van der Waals surface area (Å²) >= 11 is 1.62. The van der Waals surface area contributed by atoms with Crippen molar-refractivity contribution >= 4 is 16.5 Å². The Kier molecular flexibility index (Phi) is 347. The maximum Gasteiger partial charge on any atom is 0.180 e. The first-order valence-electron chi connectivity index (χ1n) is 5.54. The molecule has 3 nitrogen and oxygen atoms in total. The van der Waals surface area contributed by atoms with E-state index in [2.05, 4.69) is 16.9 Å². The first-order valence-corrected chi connectivity index (χ1v) is 6.35. The Bertz CT molecular complexity index is 301. The lowest BCUT2D eigenvalue weighted by atomic mass is 10.2. The van der Waals surface area contributed by atoms with E-state index >= 15 is 0 Å². The fourth-order valence-electron chi connectivity index (χ4n) is 1.34. The van der Waals surface area contributed by atoms with Gasteiger partial charge in [-0.1, -0.05) is 0 Å². The van der Waals surface area contributed by atoms with Crippen molar-refractivity contribution in [2.75, 3.05) is 19.3 Å². The van der Waals surface area contributed by atoms with Crippen molar-refractivity contribution in [3.63, 3.8) is 0 Å². The fourth-order valence-corrected chi connectivity index (χ4v) is 2.30. The van der Waals surface area contributed by atoms with Crippen molar-refractivity contribution in [3.05, 3.63) is 10.6 Å². The molecule has 1 aliphatic rings. The molecule has 0 saturated heterocycles. The van der Waals surface area contributed by atoms with Gasteiger partial charge in [0, 0.05) is 143 Å². The second-order valence-corrected chi connectivity index (χ2v) is 4.02. The van der Waals surface area contributed by atoms with E-state index in [4.69, 9.17) is 125 Å². The summed E-state index contributed by atoms with van der Waals surface area (Å²) in [5, 5.41) is 0.713. The summed E-state index contributed by atoms with van der Waals surface area (Å²) in [4.78, 5) is 7.89. The number of fused-ring (bicyclic) bond motifs is 1. The molecule has 1 aromatic rings. The van der Waals surface area contributed by atoms with Gasteiger partial charge in [-0.25, -0.2) is 4.98 Å². The van der Waals surface area contributed by atoms with Gasteiger partial charge in [0.25, 0.3) is 0 Å². The summed E-state index contributed by atoms with van der Waals surface area (Å²) < 4.78 is 208. The van der Waals surface area contributed by atoms with Crippen molar-refractivity contribution in [1.29, 1.82) is 0 Å². The number of nitrogen functional groups attached to an aromatic ring is 1. The average molecular weight is 663 g/mol. The minimum atomic E-state index is 0.713. The van der Waals surface area contributed by atoms with Crippen LogP contribution in [-0.4, -0.2) is 23.5 Å². The van der Waals surface area contributed by atoms with E-state index in [1.807, 2.05) is 0 Å². The fraction of sp³-hybridized carbons (Fsp3) is 0.571. The topological polar surface area (TPSA) is 42.2 Å². The van der Waals surface area contributed by atoms with Gasteiger partial charge >= 0.3 is 0 Å². The van der Waals surface area contributed by atoms with Crippen molar-refractivity contribution in [1.82, 2.24) is 9.88 Å². The number of anilines is 1. The van der Waals surface area contributed by atoms with E-state index in [9.17, 15) is 0 Å². The van der Waals surface area contributed by atoms with Gasteiger partial charge in [-0.05, 0) is 7.05 Å². The van der Waals surface area contributed by atoms with Crippen molar-refractivity contribution in [3.8, 4) is 0 Å². The van der Waals surface area contributed by atoms with Crippen LogP contribution >= 0.6 is 11.3 Å².